The standard InChI is InChI=1S/2C12H9ClN6O2/c2*1-17-7-14-12(19(20)21)11(17)10-6-18(16-15-10)9-4-2-8(13)3-5-9/h2*2-7H,1H3. The van der Waals surface area contributed by atoms with Gasteiger partial charge in [-0.1, -0.05) is 33.6 Å². The molecule has 0 atom stereocenters. The first-order valence-corrected chi connectivity index (χ1v) is 12.6. The van der Waals surface area contributed by atoms with Gasteiger partial charge in [0.15, 0.2) is 11.4 Å². The number of nitrogens with zero attached hydrogens (tertiary/aromatic N) is 12. The van der Waals surface area contributed by atoms with Crippen molar-refractivity contribution in [2.75, 3.05) is 0 Å². The van der Waals surface area contributed by atoms with Crippen molar-refractivity contribution in [3.05, 3.63) is 104 Å². The maximum absolute atomic E-state index is 11.0. The van der Waals surface area contributed by atoms with Crippen LogP contribution in [0.5, 0.6) is 0 Å². The third-order valence-corrected chi connectivity index (χ3v) is 6.34. The summed E-state index contributed by atoms with van der Waals surface area (Å²) in [5.41, 5.74) is 2.86. The fraction of sp³-hybridized carbons (Fsp3) is 0.0833. The molecule has 0 amide bonds. The van der Waals surface area contributed by atoms with Crippen LogP contribution >= 0.6 is 23.2 Å². The summed E-state index contributed by atoms with van der Waals surface area (Å²) in [5.74, 6) is -0.499. The number of aryl methyl sites for hydroxylation is 2. The number of hydrogen-bond acceptors (Lipinski definition) is 10. The molecule has 0 spiro atoms. The molecule has 16 nitrogen and oxygen atoms in total. The molecule has 6 aromatic rings. The van der Waals surface area contributed by atoms with Gasteiger partial charge in [0.25, 0.3) is 0 Å². The van der Waals surface area contributed by atoms with Crippen LogP contribution in [0.1, 0.15) is 0 Å². The topological polar surface area (TPSA) is 183 Å². The Morgan fingerprint density at radius 3 is 1.33 bits per heavy atom. The lowest BCUT2D eigenvalue weighted by Gasteiger charge is -1.99. The van der Waals surface area contributed by atoms with Gasteiger partial charge in [-0.25, -0.2) is 9.36 Å². The van der Waals surface area contributed by atoms with Crippen LogP contribution in [0.3, 0.4) is 0 Å². The Hall–Kier alpha value is -5.48. The number of hydrogen-bond donors (Lipinski definition) is 0. The smallest absolute Gasteiger partial charge is 0.358 e. The summed E-state index contributed by atoms with van der Waals surface area (Å²) >= 11 is 11.7. The van der Waals surface area contributed by atoms with Crippen LogP contribution in [0.15, 0.2) is 73.6 Å². The van der Waals surface area contributed by atoms with Crippen LogP contribution in [0.2, 0.25) is 10.0 Å². The molecule has 4 aromatic heterocycles. The van der Waals surface area contributed by atoms with Crippen LogP contribution in [-0.2, 0) is 14.1 Å². The highest BCUT2D eigenvalue weighted by molar-refractivity contribution is 6.30. The van der Waals surface area contributed by atoms with Crippen molar-refractivity contribution in [1.82, 2.24) is 49.1 Å². The summed E-state index contributed by atoms with van der Waals surface area (Å²) in [4.78, 5) is 28.4. The molecule has 0 unspecified atom stereocenters. The number of halogens is 2. The van der Waals surface area contributed by atoms with E-state index in [2.05, 4.69) is 30.6 Å². The molecule has 0 saturated carbocycles. The molecule has 0 aliphatic rings. The zero-order valence-electron chi connectivity index (χ0n) is 21.7. The summed E-state index contributed by atoms with van der Waals surface area (Å²) in [7, 11) is 3.33. The van der Waals surface area contributed by atoms with E-state index in [1.165, 1.54) is 31.2 Å². The maximum Gasteiger partial charge on any atom is 0.391 e. The molecule has 0 fully saturated rings. The molecule has 0 radical (unpaired) electrons. The monoisotopic (exact) mass is 608 g/mol. The molecule has 42 heavy (non-hydrogen) atoms. The minimum Gasteiger partial charge on any atom is -0.358 e. The van der Waals surface area contributed by atoms with E-state index >= 15 is 0 Å². The van der Waals surface area contributed by atoms with Crippen LogP contribution < -0.4 is 0 Å². The minimum atomic E-state index is -0.545. The first-order valence-electron chi connectivity index (χ1n) is 11.8. The van der Waals surface area contributed by atoms with Gasteiger partial charge in [0.2, 0.25) is 12.7 Å². The summed E-state index contributed by atoms with van der Waals surface area (Å²) in [5, 5.41) is 39.1. The average Bonchev–Trinajstić information content (AvgIpc) is 3.76. The van der Waals surface area contributed by atoms with E-state index in [0.717, 1.165) is 11.4 Å². The molecule has 4 heterocycles. The Labute approximate surface area is 245 Å². The third-order valence-electron chi connectivity index (χ3n) is 5.84. The van der Waals surface area contributed by atoms with E-state index in [0.29, 0.717) is 32.8 Å². The van der Waals surface area contributed by atoms with Gasteiger partial charge >= 0.3 is 11.6 Å². The molecular formula is C24H18Cl2N12O4. The van der Waals surface area contributed by atoms with Crippen molar-refractivity contribution in [3.63, 3.8) is 0 Å². The molecule has 0 aliphatic carbocycles. The average molecular weight is 609 g/mol. The Morgan fingerprint density at radius 2 is 1.00 bits per heavy atom. The lowest BCUT2D eigenvalue weighted by molar-refractivity contribution is -0.388. The summed E-state index contributed by atoms with van der Waals surface area (Å²) < 4.78 is 6.10. The lowest BCUT2D eigenvalue weighted by Crippen LogP contribution is -1.95. The largest absolute Gasteiger partial charge is 0.391 e. The van der Waals surface area contributed by atoms with Crippen molar-refractivity contribution in [1.29, 1.82) is 0 Å². The quantitative estimate of drug-likeness (QED) is 0.193. The second kappa shape index (κ2) is 11.6. The highest BCUT2D eigenvalue weighted by Crippen LogP contribution is 2.28. The number of rotatable bonds is 6. The molecule has 0 aliphatic heterocycles. The zero-order valence-corrected chi connectivity index (χ0v) is 23.2. The van der Waals surface area contributed by atoms with Gasteiger partial charge < -0.3 is 29.4 Å². The fourth-order valence-corrected chi connectivity index (χ4v) is 4.13. The van der Waals surface area contributed by atoms with Crippen LogP contribution in [0.4, 0.5) is 11.6 Å². The summed E-state index contributed by atoms with van der Waals surface area (Å²) in [6.45, 7) is 0. The van der Waals surface area contributed by atoms with Gasteiger partial charge in [-0.2, -0.15) is 0 Å². The molecule has 212 valence electrons. The predicted octanol–water partition coefficient (Wildman–Crippen LogP) is 4.46. The van der Waals surface area contributed by atoms with Gasteiger partial charge in [0.05, 0.1) is 23.8 Å². The van der Waals surface area contributed by atoms with Crippen LogP contribution in [0.25, 0.3) is 34.2 Å². The van der Waals surface area contributed by atoms with E-state index in [1.54, 1.807) is 75.0 Å². The molecule has 18 heteroatoms. The zero-order chi connectivity index (χ0) is 30.0. The van der Waals surface area contributed by atoms with E-state index in [4.69, 9.17) is 23.2 Å². The molecular weight excluding hydrogens is 591 g/mol. The van der Waals surface area contributed by atoms with Gasteiger partial charge in [0.1, 0.15) is 11.4 Å². The van der Waals surface area contributed by atoms with Gasteiger partial charge in [-0.05, 0) is 68.3 Å². The Bertz CT molecular complexity index is 1750. The minimum absolute atomic E-state index is 0.249. The second-order valence-electron chi connectivity index (χ2n) is 8.62. The van der Waals surface area contributed by atoms with E-state index < -0.39 is 9.85 Å². The Kier molecular flexibility index (Phi) is 7.72. The van der Waals surface area contributed by atoms with Crippen molar-refractivity contribution in [2.45, 2.75) is 0 Å². The van der Waals surface area contributed by atoms with E-state index in [1.807, 2.05) is 0 Å². The predicted molar refractivity (Wildman–Crippen MR) is 150 cm³/mol. The fourth-order valence-electron chi connectivity index (χ4n) is 3.88. The summed E-state index contributed by atoms with van der Waals surface area (Å²) in [6.07, 6.45) is 5.95. The number of imidazole rings is 2. The molecule has 6 rings (SSSR count). The first kappa shape index (κ1) is 28.1. The SMILES string of the molecule is Cn1cnc([N+](=O)[O-])c1-c1cn(-c2ccc(Cl)cc2)nn1.Cn1cnc([N+](=O)[O-])c1-c1cn(-c2ccc(Cl)cc2)nn1. The van der Waals surface area contributed by atoms with Crippen LogP contribution in [0, 0.1) is 20.2 Å². The molecule has 0 N–H and O–H groups in total. The van der Waals surface area contributed by atoms with E-state index in [9.17, 15) is 20.2 Å². The van der Waals surface area contributed by atoms with Crippen molar-refractivity contribution in [3.8, 4) is 34.2 Å². The molecule has 0 saturated heterocycles. The molecule has 0 bridgehead atoms. The van der Waals surface area contributed by atoms with Gasteiger partial charge in [-0.15, -0.1) is 10.2 Å². The Balaban J connectivity index is 0.000000168. The third kappa shape index (κ3) is 5.70. The first-order chi connectivity index (χ1) is 20.1. The highest BCUT2D eigenvalue weighted by atomic mass is 35.5. The molecule has 2 aromatic carbocycles. The highest BCUT2D eigenvalue weighted by Gasteiger charge is 2.25. The second-order valence-corrected chi connectivity index (χ2v) is 9.49. The number of nitro groups is 2. The Morgan fingerprint density at radius 1 is 0.643 bits per heavy atom. The maximum atomic E-state index is 11.0. The van der Waals surface area contributed by atoms with Crippen LogP contribution in [-0.4, -0.2) is 58.9 Å². The van der Waals surface area contributed by atoms with Gasteiger partial charge in [-0.3, -0.25) is 0 Å². The van der Waals surface area contributed by atoms with Crippen molar-refractivity contribution < 1.29 is 9.85 Å². The van der Waals surface area contributed by atoms with Gasteiger partial charge in [0, 0.05) is 24.1 Å². The number of aromatic nitrogens is 10. The normalized spacial score (nSPS) is 10.8. The van der Waals surface area contributed by atoms with E-state index in [-0.39, 0.29) is 11.6 Å². The summed E-state index contributed by atoms with van der Waals surface area (Å²) in [6, 6.07) is 14.0. The van der Waals surface area contributed by atoms with Crippen molar-refractivity contribution >= 4 is 34.8 Å². The van der Waals surface area contributed by atoms with Crippen molar-refractivity contribution in [2.24, 2.45) is 14.1 Å². The number of benzene rings is 2. The lowest BCUT2D eigenvalue weighted by atomic mass is 10.3.